The SMILES string of the molecule is COC(=O)C1=C(C)NC(=O)N[C@H]1c1ccc(OCC(=O)N/N=C\c2cn(CC(C)C)c3ccccc23)c(OC)c1. The third-order valence-electron chi connectivity index (χ3n) is 6.33. The predicted molar refractivity (Wildman–Crippen MR) is 150 cm³/mol. The molecule has 0 saturated carbocycles. The fraction of sp³-hybridized carbons (Fsp3) is 0.310. The number of urea groups is 1. The summed E-state index contributed by atoms with van der Waals surface area (Å²) in [6, 6.07) is 11.8. The molecular formula is C29H33N5O6. The Bertz CT molecular complexity index is 1490. The van der Waals surface area contributed by atoms with E-state index < -0.39 is 23.9 Å². The highest BCUT2D eigenvalue weighted by Gasteiger charge is 2.32. The third-order valence-corrected chi connectivity index (χ3v) is 6.33. The number of carbonyl (C=O) groups is 3. The summed E-state index contributed by atoms with van der Waals surface area (Å²) in [5, 5.41) is 10.5. The molecule has 1 aromatic heterocycles. The van der Waals surface area contributed by atoms with Gasteiger partial charge in [0.2, 0.25) is 0 Å². The molecule has 210 valence electrons. The standard InChI is InChI=1S/C29H33N5O6/c1-17(2)14-34-15-20(21-8-6-7-9-22(21)34)13-30-33-25(35)16-40-23-11-10-19(12-24(23)38-4)27-26(28(36)39-5)18(3)31-29(37)32-27/h6-13,15,17,27H,14,16H2,1-5H3,(H,33,35)(H2,31,32,37)/b30-13-/t27-/m0/s1. The normalized spacial score (nSPS) is 15.2. The number of amides is 3. The summed E-state index contributed by atoms with van der Waals surface area (Å²) in [5.41, 5.74) is 5.73. The Labute approximate surface area is 232 Å². The molecule has 3 aromatic rings. The van der Waals surface area contributed by atoms with Crippen LogP contribution in [-0.4, -0.2) is 49.5 Å². The average molecular weight is 548 g/mol. The van der Waals surface area contributed by atoms with E-state index >= 15 is 0 Å². The Balaban J connectivity index is 1.43. The third kappa shape index (κ3) is 6.25. The summed E-state index contributed by atoms with van der Waals surface area (Å²) in [6.45, 7) is 6.51. The number of para-hydroxylation sites is 1. The molecule has 0 radical (unpaired) electrons. The lowest BCUT2D eigenvalue weighted by atomic mass is 9.95. The number of benzene rings is 2. The minimum Gasteiger partial charge on any atom is -0.493 e. The van der Waals surface area contributed by atoms with Crippen LogP contribution >= 0.6 is 0 Å². The molecule has 0 bridgehead atoms. The summed E-state index contributed by atoms with van der Waals surface area (Å²) in [6.07, 6.45) is 3.64. The Kier molecular flexibility index (Phi) is 8.73. The van der Waals surface area contributed by atoms with Gasteiger partial charge in [0.1, 0.15) is 0 Å². The lowest BCUT2D eigenvalue weighted by Gasteiger charge is -2.28. The average Bonchev–Trinajstić information content (AvgIpc) is 3.27. The molecule has 1 aliphatic rings. The highest BCUT2D eigenvalue weighted by atomic mass is 16.5. The maximum absolute atomic E-state index is 12.5. The smallest absolute Gasteiger partial charge is 0.337 e. The number of methoxy groups -OCH3 is 2. The van der Waals surface area contributed by atoms with Crippen molar-refractivity contribution in [2.45, 2.75) is 33.4 Å². The van der Waals surface area contributed by atoms with Gasteiger partial charge in [0.05, 0.1) is 32.0 Å². The number of allylic oxidation sites excluding steroid dienone is 1. The van der Waals surface area contributed by atoms with Crippen molar-refractivity contribution in [1.29, 1.82) is 0 Å². The molecule has 0 aliphatic carbocycles. The van der Waals surface area contributed by atoms with Crippen molar-refractivity contribution in [3.8, 4) is 11.5 Å². The lowest BCUT2D eigenvalue weighted by Crippen LogP contribution is -2.45. The van der Waals surface area contributed by atoms with Crippen LogP contribution in [-0.2, 0) is 20.9 Å². The molecule has 1 aliphatic heterocycles. The molecule has 2 aromatic carbocycles. The zero-order chi connectivity index (χ0) is 28.8. The number of nitrogens with zero attached hydrogens (tertiary/aromatic N) is 2. The van der Waals surface area contributed by atoms with E-state index in [1.165, 1.54) is 14.2 Å². The first-order chi connectivity index (χ1) is 19.2. The minimum atomic E-state index is -0.756. The van der Waals surface area contributed by atoms with E-state index in [2.05, 4.69) is 45.6 Å². The van der Waals surface area contributed by atoms with Gasteiger partial charge in [-0.05, 0) is 36.6 Å². The van der Waals surface area contributed by atoms with Crippen LogP contribution in [0.2, 0.25) is 0 Å². The molecule has 11 heteroatoms. The van der Waals surface area contributed by atoms with Gasteiger partial charge in [-0.25, -0.2) is 15.0 Å². The number of fused-ring (bicyclic) bond motifs is 1. The summed E-state index contributed by atoms with van der Waals surface area (Å²) in [4.78, 5) is 36.9. The number of rotatable bonds is 10. The number of hydrazone groups is 1. The van der Waals surface area contributed by atoms with Crippen LogP contribution in [0.15, 0.2) is 65.0 Å². The second kappa shape index (κ2) is 12.4. The van der Waals surface area contributed by atoms with Crippen LogP contribution in [0.1, 0.15) is 37.9 Å². The van der Waals surface area contributed by atoms with E-state index in [4.69, 9.17) is 14.2 Å². The van der Waals surface area contributed by atoms with Gasteiger partial charge in [0.15, 0.2) is 18.1 Å². The van der Waals surface area contributed by atoms with E-state index in [1.54, 1.807) is 31.3 Å². The highest BCUT2D eigenvalue weighted by molar-refractivity contribution is 5.99. The molecule has 40 heavy (non-hydrogen) atoms. The molecule has 0 spiro atoms. The van der Waals surface area contributed by atoms with Crippen LogP contribution in [0.4, 0.5) is 4.79 Å². The Morgan fingerprint density at radius 3 is 2.65 bits per heavy atom. The Morgan fingerprint density at radius 1 is 1.15 bits per heavy atom. The van der Waals surface area contributed by atoms with E-state index in [1.807, 2.05) is 24.4 Å². The maximum Gasteiger partial charge on any atom is 0.337 e. The first kappa shape index (κ1) is 28.2. The summed E-state index contributed by atoms with van der Waals surface area (Å²) >= 11 is 0. The molecule has 0 unspecified atom stereocenters. The van der Waals surface area contributed by atoms with Crippen molar-refractivity contribution in [3.05, 3.63) is 71.1 Å². The fourth-order valence-corrected chi connectivity index (χ4v) is 4.58. The van der Waals surface area contributed by atoms with E-state index in [0.717, 1.165) is 23.0 Å². The van der Waals surface area contributed by atoms with Crippen LogP contribution in [0.3, 0.4) is 0 Å². The number of hydrogen-bond donors (Lipinski definition) is 3. The van der Waals surface area contributed by atoms with Gasteiger partial charge in [-0.3, -0.25) is 4.79 Å². The van der Waals surface area contributed by atoms with Gasteiger partial charge < -0.3 is 29.4 Å². The summed E-state index contributed by atoms with van der Waals surface area (Å²) in [7, 11) is 2.73. The van der Waals surface area contributed by atoms with Gasteiger partial charge in [-0.1, -0.05) is 38.1 Å². The zero-order valence-corrected chi connectivity index (χ0v) is 23.1. The second-order valence-electron chi connectivity index (χ2n) is 9.70. The van der Waals surface area contributed by atoms with Crippen molar-refractivity contribution in [1.82, 2.24) is 20.6 Å². The fourth-order valence-electron chi connectivity index (χ4n) is 4.58. The monoisotopic (exact) mass is 547 g/mol. The molecular weight excluding hydrogens is 514 g/mol. The topological polar surface area (TPSA) is 132 Å². The van der Waals surface area contributed by atoms with E-state index in [-0.39, 0.29) is 12.2 Å². The lowest BCUT2D eigenvalue weighted by molar-refractivity contribution is -0.136. The summed E-state index contributed by atoms with van der Waals surface area (Å²) < 4.78 is 18.2. The molecule has 0 saturated heterocycles. The first-order valence-electron chi connectivity index (χ1n) is 12.8. The number of carbonyl (C=O) groups excluding carboxylic acids is 3. The quantitative estimate of drug-likeness (QED) is 0.202. The van der Waals surface area contributed by atoms with Crippen molar-refractivity contribution >= 4 is 35.0 Å². The Morgan fingerprint density at radius 2 is 1.93 bits per heavy atom. The molecule has 4 rings (SSSR count). The van der Waals surface area contributed by atoms with Gasteiger partial charge in [0.25, 0.3) is 5.91 Å². The van der Waals surface area contributed by atoms with Gasteiger partial charge >= 0.3 is 12.0 Å². The molecule has 11 nitrogen and oxygen atoms in total. The van der Waals surface area contributed by atoms with Crippen LogP contribution in [0.5, 0.6) is 11.5 Å². The highest BCUT2D eigenvalue weighted by Crippen LogP contribution is 2.34. The largest absolute Gasteiger partial charge is 0.493 e. The van der Waals surface area contributed by atoms with Crippen molar-refractivity contribution in [2.75, 3.05) is 20.8 Å². The first-order valence-corrected chi connectivity index (χ1v) is 12.8. The second-order valence-corrected chi connectivity index (χ2v) is 9.70. The molecule has 3 amide bonds. The molecule has 1 atom stereocenters. The number of esters is 1. The summed E-state index contributed by atoms with van der Waals surface area (Å²) in [5.74, 6) is 0.0861. The number of nitrogens with one attached hydrogen (secondary N) is 3. The van der Waals surface area contributed by atoms with Gasteiger partial charge in [0, 0.05) is 34.9 Å². The molecule has 3 N–H and O–H groups in total. The van der Waals surface area contributed by atoms with Crippen molar-refractivity contribution in [2.24, 2.45) is 11.0 Å². The van der Waals surface area contributed by atoms with E-state index in [0.29, 0.717) is 28.7 Å². The van der Waals surface area contributed by atoms with Crippen LogP contribution in [0, 0.1) is 5.92 Å². The van der Waals surface area contributed by atoms with Crippen LogP contribution < -0.4 is 25.5 Å². The predicted octanol–water partition coefficient (Wildman–Crippen LogP) is 3.64. The van der Waals surface area contributed by atoms with E-state index in [9.17, 15) is 14.4 Å². The molecule has 0 fully saturated rings. The maximum atomic E-state index is 12.5. The van der Waals surface area contributed by atoms with Crippen molar-refractivity contribution < 1.29 is 28.6 Å². The number of aromatic nitrogens is 1. The molecule has 2 heterocycles. The van der Waals surface area contributed by atoms with Crippen LogP contribution in [0.25, 0.3) is 10.9 Å². The Hall–Kier alpha value is -4.80. The van der Waals surface area contributed by atoms with Gasteiger partial charge in [-0.15, -0.1) is 0 Å². The minimum absolute atomic E-state index is 0.266. The number of hydrogen-bond acceptors (Lipinski definition) is 7. The zero-order valence-electron chi connectivity index (χ0n) is 23.1. The number of ether oxygens (including phenoxy) is 3. The van der Waals surface area contributed by atoms with Gasteiger partial charge in [-0.2, -0.15) is 5.10 Å². The van der Waals surface area contributed by atoms with Crippen molar-refractivity contribution in [3.63, 3.8) is 0 Å².